The van der Waals surface area contributed by atoms with E-state index in [0.717, 1.165) is 57.3 Å². The lowest BCUT2D eigenvalue weighted by atomic mass is 9.75. The molecule has 52 heavy (non-hydrogen) atoms. The van der Waals surface area contributed by atoms with E-state index in [1.54, 1.807) is 24.6 Å². The van der Waals surface area contributed by atoms with Gasteiger partial charge in [0.2, 0.25) is 11.7 Å². The average molecular weight is 720 g/mol. The van der Waals surface area contributed by atoms with E-state index in [0.29, 0.717) is 23.4 Å². The van der Waals surface area contributed by atoms with Crippen molar-refractivity contribution in [2.45, 2.75) is 32.4 Å². The Labute approximate surface area is 294 Å². The van der Waals surface area contributed by atoms with Crippen LogP contribution in [0.4, 0.5) is 27.6 Å². The van der Waals surface area contributed by atoms with Gasteiger partial charge in [-0.2, -0.15) is 13.2 Å². The zero-order valence-corrected chi connectivity index (χ0v) is 28.4. The minimum atomic E-state index is -4.76. The molecule has 3 aliphatic heterocycles. The fourth-order valence-corrected chi connectivity index (χ4v) is 7.85. The first-order valence-electron chi connectivity index (χ1n) is 17.0. The van der Waals surface area contributed by atoms with Gasteiger partial charge in [-0.05, 0) is 55.7 Å². The molecule has 9 nitrogen and oxygen atoms in total. The number of anilines is 1. The SMILES string of the molecule is Cc1nc2c3c(c(C(F)(F)F)cc2n1C)-c1cccn2c(C(=O)c4cc(F)c(NC(=O)/C=C/CN5CC6(CCCOC6)C5)c(F)c4)cc(c12)CCO3. The normalized spacial score (nSPS) is 17.2. The molecule has 0 atom stereocenters. The van der Waals surface area contributed by atoms with E-state index in [1.165, 1.54) is 34.9 Å². The van der Waals surface area contributed by atoms with E-state index in [2.05, 4.69) is 15.2 Å². The van der Waals surface area contributed by atoms with E-state index in [-0.39, 0.29) is 57.6 Å². The van der Waals surface area contributed by atoms with E-state index in [9.17, 15) is 22.8 Å². The molecule has 0 bridgehead atoms. The molecule has 2 saturated heterocycles. The van der Waals surface area contributed by atoms with Crippen LogP contribution in [0.3, 0.4) is 0 Å². The van der Waals surface area contributed by atoms with Crippen LogP contribution < -0.4 is 10.1 Å². The highest BCUT2D eigenvalue weighted by Gasteiger charge is 2.43. The standard InChI is InChI=1S/C38H34F5N5O4/c1-21-44-33-28(46(21)2)17-25(38(41,42)43)31-24-6-3-11-48-29(16-22(34(24)48)8-13-52-36(31)33)35(50)23-14-26(39)32(27(40)15-23)45-30(49)7-4-10-47-18-37(19-47)9-5-12-51-20-37/h3-4,6-7,11,14-17H,5,8-10,12-13,18-20H2,1-2H3,(H,45,49)/b7-4+. The molecule has 0 saturated carbocycles. The molecular formula is C38H34F5N5O4. The van der Waals surface area contributed by atoms with Crippen molar-refractivity contribution >= 4 is 33.9 Å². The van der Waals surface area contributed by atoms with Gasteiger partial charge in [0.15, 0.2) is 5.75 Å². The van der Waals surface area contributed by atoms with Crippen LogP contribution in [0.25, 0.3) is 27.7 Å². The molecule has 2 aromatic carbocycles. The summed E-state index contributed by atoms with van der Waals surface area (Å²) in [7, 11) is 1.63. The van der Waals surface area contributed by atoms with Crippen LogP contribution in [0.1, 0.15) is 45.8 Å². The number of fused-ring (bicyclic) bond motifs is 4. The van der Waals surface area contributed by atoms with E-state index >= 15 is 8.78 Å². The highest BCUT2D eigenvalue weighted by Crippen LogP contribution is 2.49. The number of nitrogens with zero attached hydrogens (tertiary/aromatic N) is 4. The Morgan fingerprint density at radius 3 is 2.58 bits per heavy atom. The first-order chi connectivity index (χ1) is 24.8. The maximum absolute atomic E-state index is 15.3. The summed E-state index contributed by atoms with van der Waals surface area (Å²) in [6.45, 7) is 5.42. The van der Waals surface area contributed by atoms with Crippen LogP contribution in [0.2, 0.25) is 0 Å². The van der Waals surface area contributed by atoms with Crippen molar-refractivity contribution in [3.63, 3.8) is 0 Å². The van der Waals surface area contributed by atoms with Gasteiger partial charge in [-0.25, -0.2) is 13.8 Å². The topological polar surface area (TPSA) is 90.1 Å². The summed E-state index contributed by atoms with van der Waals surface area (Å²) in [6, 6.07) is 7.24. The van der Waals surface area contributed by atoms with Crippen molar-refractivity contribution in [3.8, 4) is 16.9 Å². The Kier molecular flexibility index (Phi) is 8.21. The Morgan fingerprint density at radius 2 is 1.87 bits per heavy atom. The molecule has 14 heteroatoms. The number of hydrogen-bond donors (Lipinski definition) is 1. The molecule has 8 rings (SSSR count). The predicted octanol–water partition coefficient (Wildman–Crippen LogP) is 6.87. The van der Waals surface area contributed by atoms with Gasteiger partial charge in [0.1, 0.15) is 28.7 Å². The average Bonchev–Trinajstić information content (AvgIpc) is 3.60. The molecule has 1 spiro atoms. The molecule has 270 valence electrons. The van der Waals surface area contributed by atoms with Gasteiger partial charge in [0.05, 0.1) is 35.5 Å². The number of amides is 1. The van der Waals surface area contributed by atoms with E-state index in [4.69, 9.17) is 9.47 Å². The molecule has 5 aromatic rings. The number of pyridine rings is 1. The van der Waals surface area contributed by atoms with Crippen molar-refractivity contribution in [1.29, 1.82) is 0 Å². The number of benzene rings is 2. The van der Waals surface area contributed by atoms with Gasteiger partial charge >= 0.3 is 6.18 Å². The zero-order chi connectivity index (χ0) is 36.5. The highest BCUT2D eigenvalue weighted by molar-refractivity contribution is 6.10. The van der Waals surface area contributed by atoms with Crippen molar-refractivity contribution in [3.05, 3.63) is 94.6 Å². The number of carbonyl (C=O) groups is 2. The number of halogens is 5. The van der Waals surface area contributed by atoms with E-state index < -0.39 is 40.8 Å². The number of ether oxygens (including phenoxy) is 2. The van der Waals surface area contributed by atoms with E-state index in [1.807, 2.05) is 0 Å². The second-order valence-electron chi connectivity index (χ2n) is 13.9. The van der Waals surface area contributed by atoms with Crippen molar-refractivity contribution in [2.24, 2.45) is 12.5 Å². The molecule has 1 N–H and O–H groups in total. The maximum atomic E-state index is 15.3. The zero-order valence-electron chi connectivity index (χ0n) is 28.4. The molecule has 0 aliphatic carbocycles. The Morgan fingerprint density at radius 1 is 1.10 bits per heavy atom. The molecule has 0 radical (unpaired) electrons. The number of nitrogens with one attached hydrogen (secondary N) is 1. The highest BCUT2D eigenvalue weighted by atomic mass is 19.4. The molecule has 3 aliphatic rings. The van der Waals surface area contributed by atoms with Crippen LogP contribution in [-0.2, 0) is 29.2 Å². The summed E-state index contributed by atoms with van der Waals surface area (Å²) in [5, 5.41) is 2.22. The fourth-order valence-electron chi connectivity index (χ4n) is 7.85. The van der Waals surface area contributed by atoms with Gasteiger partial charge in [-0.1, -0.05) is 12.1 Å². The Balaban J connectivity index is 1.08. The van der Waals surface area contributed by atoms with Crippen molar-refractivity contribution in [1.82, 2.24) is 18.9 Å². The van der Waals surface area contributed by atoms with Crippen LogP contribution in [-0.4, -0.2) is 70.0 Å². The third-order valence-electron chi connectivity index (χ3n) is 10.4. The van der Waals surface area contributed by atoms with Crippen molar-refractivity contribution in [2.75, 3.05) is 44.8 Å². The van der Waals surface area contributed by atoms with Gasteiger partial charge in [0, 0.05) is 74.1 Å². The largest absolute Gasteiger partial charge is 0.490 e. The lowest BCUT2D eigenvalue weighted by Gasteiger charge is -2.51. The molecule has 6 heterocycles. The first-order valence-corrected chi connectivity index (χ1v) is 17.0. The summed E-state index contributed by atoms with van der Waals surface area (Å²) in [6.07, 6.45) is 1.96. The summed E-state index contributed by atoms with van der Waals surface area (Å²) in [5.41, 5.74) is -0.437. The lowest BCUT2D eigenvalue weighted by Crippen LogP contribution is -2.59. The van der Waals surface area contributed by atoms with Gasteiger partial charge in [0.25, 0.3) is 0 Å². The number of rotatable bonds is 6. The predicted molar refractivity (Wildman–Crippen MR) is 183 cm³/mol. The van der Waals surface area contributed by atoms with Crippen molar-refractivity contribution < 1.29 is 41.0 Å². The molecule has 2 fully saturated rings. The Hall–Kier alpha value is -5.08. The van der Waals surface area contributed by atoms with Crippen LogP contribution in [0.5, 0.6) is 5.75 Å². The number of hydrogen-bond acceptors (Lipinski definition) is 6. The quantitative estimate of drug-likeness (QED) is 0.117. The molecule has 0 unspecified atom stereocenters. The summed E-state index contributed by atoms with van der Waals surface area (Å²) >= 11 is 0. The lowest BCUT2D eigenvalue weighted by molar-refractivity contribution is -0.137. The molecular weight excluding hydrogens is 685 g/mol. The number of alkyl halides is 3. The maximum Gasteiger partial charge on any atom is 0.417 e. The first kappa shape index (κ1) is 34.0. The summed E-state index contributed by atoms with van der Waals surface area (Å²) < 4.78 is 89.4. The monoisotopic (exact) mass is 719 g/mol. The van der Waals surface area contributed by atoms with Gasteiger partial charge < -0.3 is 23.8 Å². The third-order valence-corrected chi connectivity index (χ3v) is 10.4. The fraction of sp³-hybridized carbons (Fsp3) is 0.342. The molecule has 3 aromatic heterocycles. The second-order valence-corrected chi connectivity index (χ2v) is 13.9. The molecule has 1 amide bonds. The number of aryl methyl sites for hydroxylation is 2. The van der Waals surface area contributed by atoms with Crippen LogP contribution in [0.15, 0.2) is 54.7 Å². The summed E-state index contributed by atoms with van der Waals surface area (Å²) in [5.74, 6) is -3.31. The Bertz CT molecular complexity index is 2290. The number of aromatic nitrogens is 3. The van der Waals surface area contributed by atoms with Crippen LogP contribution in [0, 0.1) is 24.0 Å². The minimum Gasteiger partial charge on any atom is -0.490 e. The number of likely N-dealkylation sites (tertiary alicyclic amines) is 1. The van der Waals surface area contributed by atoms with Crippen LogP contribution >= 0.6 is 0 Å². The number of ketones is 1. The smallest absolute Gasteiger partial charge is 0.417 e. The number of imidazole rings is 1. The number of carbonyl (C=O) groups excluding carboxylic acids is 2. The summed E-state index contributed by atoms with van der Waals surface area (Å²) in [4.78, 5) is 33.1. The van der Waals surface area contributed by atoms with Gasteiger partial charge in [-0.3, -0.25) is 14.5 Å². The third kappa shape index (κ3) is 5.73. The minimum absolute atomic E-state index is 0.00954. The van der Waals surface area contributed by atoms with Gasteiger partial charge in [-0.15, -0.1) is 0 Å². The second kappa shape index (κ2) is 12.6.